The molecule has 20 heavy (non-hydrogen) atoms. The number of hydrogen-bond donors (Lipinski definition) is 2. The first-order valence-electron chi connectivity index (χ1n) is 6.01. The molecule has 0 aliphatic heterocycles. The van der Waals surface area contributed by atoms with Crippen molar-refractivity contribution in [3.63, 3.8) is 0 Å². The van der Waals surface area contributed by atoms with E-state index in [4.69, 9.17) is 5.11 Å². The summed E-state index contributed by atoms with van der Waals surface area (Å²) in [5.74, 6) is -3.61. The molecular formula is C14H15F2NO3. The van der Waals surface area contributed by atoms with Crippen LogP contribution in [0, 0.1) is 11.6 Å². The molecule has 1 rings (SSSR count). The number of amides is 1. The second kappa shape index (κ2) is 7.37. The van der Waals surface area contributed by atoms with Crippen molar-refractivity contribution < 1.29 is 23.5 Å². The molecule has 4 nitrogen and oxygen atoms in total. The minimum absolute atomic E-state index is 0.171. The predicted octanol–water partition coefficient (Wildman–Crippen LogP) is 2.04. The maximum Gasteiger partial charge on any atom is 0.326 e. The molecule has 0 unspecified atom stereocenters. The zero-order chi connectivity index (χ0) is 15.1. The quantitative estimate of drug-likeness (QED) is 0.753. The van der Waals surface area contributed by atoms with Crippen molar-refractivity contribution in [2.75, 3.05) is 0 Å². The van der Waals surface area contributed by atoms with Crippen LogP contribution in [0.2, 0.25) is 0 Å². The van der Waals surface area contributed by atoms with E-state index >= 15 is 0 Å². The van der Waals surface area contributed by atoms with E-state index in [0.29, 0.717) is 6.42 Å². The minimum Gasteiger partial charge on any atom is -0.480 e. The van der Waals surface area contributed by atoms with Gasteiger partial charge in [0.05, 0.1) is 6.42 Å². The van der Waals surface area contributed by atoms with Crippen LogP contribution in [0.3, 0.4) is 0 Å². The van der Waals surface area contributed by atoms with E-state index in [1.807, 2.05) is 0 Å². The van der Waals surface area contributed by atoms with Crippen molar-refractivity contribution in [3.8, 4) is 0 Å². The van der Waals surface area contributed by atoms with Crippen molar-refractivity contribution in [1.82, 2.24) is 5.32 Å². The van der Waals surface area contributed by atoms with Crippen molar-refractivity contribution in [2.24, 2.45) is 0 Å². The molecule has 108 valence electrons. The van der Waals surface area contributed by atoms with Gasteiger partial charge in [0.15, 0.2) is 0 Å². The first kappa shape index (κ1) is 15.8. The van der Waals surface area contributed by atoms with Crippen LogP contribution >= 0.6 is 0 Å². The van der Waals surface area contributed by atoms with Gasteiger partial charge in [-0.3, -0.25) is 4.79 Å². The van der Waals surface area contributed by atoms with Gasteiger partial charge < -0.3 is 10.4 Å². The van der Waals surface area contributed by atoms with E-state index in [-0.39, 0.29) is 12.0 Å². The van der Waals surface area contributed by atoms with Gasteiger partial charge in [0.25, 0.3) is 0 Å². The fourth-order valence-corrected chi connectivity index (χ4v) is 1.65. The average Bonchev–Trinajstić information content (AvgIpc) is 2.38. The lowest BCUT2D eigenvalue weighted by molar-refractivity contribution is -0.141. The third kappa shape index (κ3) is 4.46. The lowest BCUT2D eigenvalue weighted by Crippen LogP contribution is -2.41. The molecule has 1 aromatic carbocycles. The van der Waals surface area contributed by atoms with Gasteiger partial charge in [0.2, 0.25) is 5.91 Å². The Morgan fingerprint density at radius 2 is 1.95 bits per heavy atom. The Labute approximate surface area is 115 Å². The van der Waals surface area contributed by atoms with Crippen LogP contribution in [-0.4, -0.2) is 23.0 Å². The number of carboxylic acid groups (broad SMARTS) is 1. The Morgan fingerprint density at radius 3 is 2.45 bits per heavy atom. The molecule has 1 aromatic rings. The number of carbonyl (C=O) groups is 2. The van der Waals surface area contributed by atoms with E-state index < -0.39 is 36.0 Å². The monoisotopic (exact) mass is 283 g/mol. The van der Waals surface area contributed by atoms with Gasteiger partial charge in [-0.25, -0.2) is 13.6 Å². The molecule has 0 spiro atoms. The van der Waals surface area contributed by atoms with E-state index in [0.717, 1.165) is 12.1 Å². The van der Waals surface area contributed by atoms with Crippen LogP contribution in [0.5, 0.6) is 0 Å². The summed E-state index contributed by atoms with van der Waals surface area (Å²) in [6.45, 7) is 3.46. The van der Waals surface area contributed by atoms with Crippen molar-refractivity contribution in [2.45, 2.75) is 25.3 Å². The largest absolute Gasteiger partial charge is 0.480 e. The first-order valence-corrected chi connectivity index (χ1v) is 6.01. The summed E-state index contributed by atoms with van der Waals surface area (Å²) in [6.07, 6.45) is 1.56. The van der Waals surface area contributed by atoms with Crippen LogP contribution in [0.15, 0.2) is 30.9 Å². The van der Waals surface area contributed by atoms with E-state index in [2.05, 4.69) is 11.9 Å². The Kier molecular flexibility index (Phi) is 5.83. The number of rotatable bonds is 7. The molecule has 0 aliphatic carbocycles. The maximum atomic E-state index is 13.4. The summed E-state index contributed by atoms with van der Waals surface area (Å²) in [6, 6.07) is 2.17. The number of benzene rings is 1. The van der Waals surface area contributed by atoms with E-state index in [1.54, 1.807) is 0 Å². The van der Waals surface area contributed by atoms with Gasteiger partial charge in [-0.05, 0) is 25.0 Å². The molecule has 0 aromatic heterocycles. The van der Waals surface area contributed by atoms with Crippen molar-refractivity contribution in [3.05, 3.63) is 48.1 Å². The summed E-state index contributed by atoms with van der Waals surface area (Å²) < 4.78 is 26.7. The number of aliphatic carboxylic acids is 1. The highest BCUT2D eigenvalue weighted by Crippen LogP contribution is 2.12. The number of hydrogen-bond acceptors (Lipinski definition) is 2. The van der Waals surface area contributed by atoms with Crippen molar-refractivity contribution >= 4 is 11.9 Å². The summed E-state index contributed by atoms with van der Waals surface area (Å²) in [5.41, 5.74) is -0.377. The molecule has 0 saturated heterocycles. The van der Waals surface area contributed by atoms with Gasteiger partial charge in [-0.1, -0.05) is 12.1 Å². The maximum absolute atomic E-state index is 13.4. The number of halogens is 2. The molecule has 0 heterocycles. The molecule has 6 heteroatoms. The third-order valence-corrected chi connectivity index (χ3v) is 2.69. The van der Waals surface area contributed by atoms with Gasteiger partial charge in [-0.2, -0.15) is 0 Å². The van der Waals surface area contributed by atoms with Gasteiger partial charge in [0, 0.05) is 5.56 Å². The Balaban J connectivity index is 2.70. The number of nitrogens with one attached hydrogen (secondary N) is 1. The Bertz CT molecular complexity index is 497. The van der Waals surface area contributed by atoms with Gasteiger partial charge in [0.1, 0.15) is 17.7 Å². The normalized spacial score (nSPS) is 11.7. The van der Waals surface area contributed by atoms with Gasteiger partial charge in [-0.15, -0.1) is 6.58 Å². The number of carboxylic acids is 1. The van der Waals surface area contributed by atoms with Crippen LogP contribution in [-0.2, 0) is 16.0 Å². The van der Waals surface area contributed by atoms with Crippen LogP contribution in [0.1, 0.15) is 18.4 Å². The average molecular weight is 283 g/mol. The topological polar surface area (TPSA) is 66.4 Å². The summed E-state index contributed by atoms with van der Waals surface area (Å²) in [7, 11) is 0. The molecule has 0 fully saturated rings. The van der Waals surface area contributed by atoms with Crippen LogP contribution in [0.4, 0.5) is 8.78 Å². The second-order valence-electron chi connectivity index (χ2n) is 4.20. The van der Waals surface area contributed by atoms with Crippen molar-refractivity contribution in [1.29, 1.82) is 0 Å². The summed E-state index contributed by atoms with van der Waals surface area (Å²) in [4.78, 5) is 22.6. The molecule has 1 atom stereocenters. The summed E-state index contributed by atoms with van der Waals surface area (Å²) in [5, 5.41) is 11.2. The first-order chi connectivity index (χ1) is 9.45. The van der Waals surface area contributed by atoms with Gasteiger partial charge >= 0.3 is 5.97 Å². The molecule has 0 bridgehead atoms. The van der Waals surface area contributed by atoms with Crippen LogP contribution < -0.4 is 5.32 Å². The highest BCUT2D eigenvalue weighted by atomic mass is 19.1. The Hall–Kier alpha value is -2.24. The highest BCUT2D eigenvalue weighted by molar-refractivity contribution is 5.84. The lowest BCUT2D eigenvalue weighted by Gasteiger charge is -2.14. The third-order valence-electron chi connectivity index (χ3n) is 2.69. The fourth-order valence-electron chi connectivity index (χ4n) is 1.65. The minimum atomic E-state index is -1.20. The van der Waals surface area contributed by atoms with E-state index in [1.165, 1.54) is 12.1 Å². The lowest BCUT2D eigenvalue weighted by atomic mass is 10.1. The summed E-state index contributed by atoms with van der Waals surface area (Å²) >= 11 is 0. The smallest absolute Gasteiger partial charge is 0.326 e. The standard InChI is InChI=1S/C14H15F2NO3/c1-2-3-7-12(14(19)20)17-13(18)8-9-10(15)5-4-6-11(9)16/h2,4-6,12H,1,3,7-8H2,(H,17,18)(H,19,20)/t12-/m0/s1. The molecule has 0 radical (unpaired) electrons. The highest BCUT2D eigenvalue weighted by Gasteiger charge is 2.20. The fraction of sp³-hybridized carbons (Fsp3) is 0.286. The zero-order valence-electron chi connectivity index (χ0n) is 10.7. The molecule has 0 saturated carbocycles. The number of allylic oxidation sites excluding steroid dienone is 1. The van der Waals surface area contributed by atoms with E-state index in [9.17, 15) is 18.4 Å². The molecule has 1 amide bonds. The molecular weight excluding hydrogens is 268 g/mol. The zero-order valence-corrected chi connectivity index (χ0v) is 10.7. The van der Waals surface area contributed by atoms with Crippen LogP contribution in [0.25, 0.3) is 0 Å². The number of carbonyl (C=O) groups excluding carboxylic acids is 1. The molecule has 2 N–H and O–H groups in total. The second-order valence-corrected chi connectivity index (χ2v) is 4.20. The Morgan fingerprint density at radius 1 is 1.35 bits per heavy atom. The molecule has 0 aliphatic rings. The predicted molar refractivity (Wildman–Crippen MR) is 69.1 cm³/mol. The SMILES string of the molecule is C=CCC[C@H](NC(=O)Cc1c(F)cccc1F)C(=O)O.